The SMILES string of the molecule is CS(=O)(=O)Nc1ccccc1C(=O)NCCCN1CCCCC1. The number of sulfonamides is 1. The molecular formula is C16H25N3O3S. The minimum Gasteiger partial charge on any atom is -0.352 e. The second kappa shape index (κ2) is 8.31. The summed E-state index contributed by atoms with van der Waals surface area (Å²) >= 11 is 0. The number of rotatable bonds is 7. The zero-order valence-electron chi connectivity index (χ0n) is 13.5. The zero-order valence-corrected chi connectivity index (χ0v) is 14.4. The van der Waals surface area contributed by atoms with Gasteiger partial charge in [0.2, 0.25) is 10.0 Å². The Balaban J connectivity index is 1.83. The third-order valence-corrected chi connectivity index (χ3v) is 4.44. The molecule has 2 N–H and O–H groups in total. The Hall–Kier alpha value is -1.60. The van der Waals surface area contributed by atoms with Crippen molar-refractivity contribution in [3.05, 3.63) is 29.8 Å². The summed E-state index contributed by atoms with van der Waals surface area (Å²) in [5.41, 5.74) is 0.652. The van der Waals surface area contributed by atoms with Crippen molar-refractivity contribution < 1.29 is 13.2 Å². The number of carbonyl (C=O) groups is 1. The van der Waals surface area contributed by atoms with Crippen molar-refractivity contribution >= 4 is 21.6 Å². The normalized spacial score (nSPS) is 16.0. The standard InChI is InChI=1S/C16H25N3O3S/c1-23(21,22)18-15-9-4-3-8-14(15)16(20)17-10-7-13-19-11-5-2-6-12-19/h3-4,8-9,18H,2,5-7,10-13H2,1H3,(H,17,20). The Morgan fingerprint density at radius 2 is 1.87 bits per heavy atom. The lowest BCUT2D eigenvalue weighted by atomic mass is 10.1. The number of para-hydroxylation sites is 1. The molecule has 7 heteroatoms. The van der Waals surface area contributed by atoms with Crippen molar-refractivity contribution in [1.82, 2.24) is 10.2 Å². The summed E-state index contributed by atoms with van der Waals surface area (Å²) in [6.07, 6.45) is 5.80. The first-order valence-electron chi connectivity index (χ1n) is 8.03. The van der Waals surface area contributed by atoms with Crippen LogP contribution in [0.1, 0.15) is 36.0 Å². The molecule has 23 heavy (non-hydrogen) atoms. The molecule has 6 nitrogen and oxygen atoms in total. The Morgan fingerprint density at radius 3 is 2.57 bits per heavy atom. The minimum atomic E-state index is -3.41. The van der Waals surface area contributed by atoms with Crippen molar-refractivity contribution in [2.45, 2.75) is 25.7 Å². The predicted octanol–water partition coefficient (Wildman–Crippen LogP) is 1.66. The van der Waals surface area contributed by atoms with E-state index in [4.69, 9.17) is 0 Å². The summed E-state index contributed by atoms with van der Waals surface area (Å²) in [6, 6.07) is 6.62. The van der Waals surface area contributed by atoms with Crippen LogP contribution in [0, 0.1) is 0 Å². The molecule has 0 unspecified atom stereocenters. The van der Waals surface area contributed by atoms with E-state index in [0.717, 1.165) is 32.3 Å². The van der Waals surface area contributed by atoms with E-state index < -0.39 is 10.0 Å². The molecule has 0 spiro atoms. The fourth-order valence-corrected chi connectivity index (χ4v) is 3.33. The number of hydrogen-bond donors (Lipinski definition) is 2. The molecule has 0 atom stereocenters. The van der Waals surface area contributed by atoms with Crippen LogP contribution in [0.25, 0.3) is 0 Å². The highest BCUT2D eigenvalue weighted by molar-refractivity contribution is 7.92. The van der Waals surface area contributed by atoms with Crippen molar-refractivity contribution in [1.29, 1.82) is 0 Å². The van der Waals surface area contributed by atoms with Crippen LogP contribution in [0.3, 0.4) is 0 Å². The van der Waals surface area contributed by atoms with Crippen LogP contribution < -0.4 is 10.0 Å². The first-order chi connectivity index (χ1) is 11.0. The molecule has 1 heterocycles. The molecule has 2 rings (SSSR count). The maximum absolute atomic E-state index is 12.2. The number of amides is 1. The maximum Gasteiger partial charge on any atom is 0.253 e. The minimum absolute atomic E-state index is 0.254. The van der Waals surface area contributed by atoms with Gasteiger partial charge >= 0.3 is 0 Å². The van der Waals surface area contributed by atoms with Gasteiger partial charge in [-0.15, -0.1) is 0 Å². The summed E-state index contributed by atoms with van der Waals surface area (Å²) in [5, 5.41) is 2.86. The molecule has 1 aliphatic heterocycles. The van der Waals surface area contributed by atoms with Gasteiger partial charge in [-0.3, -0.25) is 9.52 Å². The van der Waals surface area contributed by atoms with Gasteiger partial charge < -0.3 is 10.2 Å². The van der Waals surface area contributed by atoms with Crippen molar-refractivity contribution in [3.8, 4) is 0 Å². The summed E-state index contributed by atoms with van der Waals surface area (Å²) in [5.74, 6) is -0.254. The molecule has 1 aliphatic rings. The number of carbonyl (C=O) groups excluding carboxylic acids is 1. The van der Waals surface area contributed by atoms with Crippen molar-refractivity contribution in [2.75, 3.05) is 37.2 Å². The molecule has 128 valence electrons. The lowest BCUT2D eigenvalue weighted by Crippen LogP contribution is -2.33. The first-order valence-corrected chi connectivity index (χ1v) is 9.92. The monoisotopic (exact) mass is 339 g/mol. The van der Waals surface area contributed by atoms with E-state index >= 15 is 0 Å². The van der Waals surface area contributed by atoms with Gasteiger partial charge in [0.15, 0.2) is 0 Å². The fraction of sp³-hybridized carbons (Fsp3) is 0.562. The van der Waals surface area contributed by atoms with Gasteiger partial charge in [-0.05, 0) is 51.0 Å². The first kappa shape index (κ1) is 17.7. The molecular weight excluding hydrogens is 314 g/mol. The van der Waals surface area contributed by atoms with Crippen LogP contribution in [0.4, 0.5) is 5.69 Å². The van der Waals surface area contributed by atoms with E-state index in [-0.39, 0.29) is 5.91 Å². The summed E-state index contributed by atoms with van der Waals surface area (Å²) in [6.45, 7) is 3.87. The van der Waals surface area contributed by atoms with Gasteiger partial charge in [0, 0.05) is 6.54 Å². The predicted molar refractivity (Wildman–Crippen MR) is 92.1 cm³/mol. The topological polar surface area (TPSA) is 78.5 Å². The van der Waals surface area contributed by atoms with Gasteiger partial charge in [0.1, 0.15) is 0 Å². The fourth-order valence-electron chi connectivity index (χ4n) is 2.75. The van der Waals surface area contributed by atoms with Crippen LogP contribution in [0.2, 0.25) is 0 Å². The van der Waals surface area contributed by atoms with Gasteiger partial charge in [0.25, 0.3) is 5.91 Å². The summed E-state index contributed by atoms with van der Waals surface area (Å²) in [4.78, 5) is 14.7. The molecule has 1 fully saturated rings. The molecule has 1 aromatic carbocycles. The molecule has 1 aromatic rings. The average Bonchev–Trinajstić information content (AvgIpc) is 2.51. The number of piperidine rings is 1. The number of nitrogens with one attached hydrogen (secondary N) is 2. The number of hydrogen-bond acceptors (Lipinski definition) is 4. The maximum atomic E-state index is 12.2. The molecule has 0 aliphatic carbocycles. The van der Waals surface area contributed by atoms with Crippen LogP contribution in [0.5, 0.6) is 0 Å². The summed E-state index contributed by atoms with van der Waals surface area (Å²) in [7, 11) is -3.41. The molecule has 0 aromatic heterocycles. The molecule has 0 radical (unpaired) electrons. The van der Waals surface area contributed by atoms with Gasteiger partial charge in [-0.1, -0.05) is 18.6 Å². The van der Waals surface area contributed by atoms with E-state index in [0.29, 0.717) is 17.8 Å². The molecule has 0 saturated carbocycles. The lowest BCUT2D eigenvalue weighted by Gasteiger charge is -2.26. The smallest absolute Gasteiger partial charge is 0.253 e. The highest BCUT2D eigenvalue weighted by Crippen LogP contribution is 2.16. The second-order valence-electron chi connectivity index (χ2n) is 5.93. The van der Waals surface area contributed by atoms with Gasteiger partial charge in [-0.2, -0.15) is 0 Å². The van der Waals surface area contributed by atoms with E-state index in [9.17, 15) is 13.2 Å². The Bertz CT molecular complexity index is 625. The van der Waals surface area contributed by atoms with Gasteiger partial charge in [-0.25, -0.2) is 8.42 Å². The van der Waals surface area contributed by atoms with E-state index in [1.807, 2.05) is 0 Å². The van der Waals surface area contributed by atoms with Crippen molar-refractivity contribution in [3.63, 3.8) is 0 Å². The number of likely N-dealkylation sites (tertiary alicyclic amines) is 1. The third kappa shape index (κ3) is 6.19. The van der Waals surface area contributed by atoms with E-state index in [2.05, 4.69) is 14.9 Å². The third-order valence-electron chi connectivity index (χ3n) is 3.85. The number of nitrogens with zero attached hydrogens (tertiary/aromatic N) is 1. The summed E-state index contributed by atoms with van der Waals surface area (Å²) < 4.78 is 25.1. The van der Waals surface area contributed by atoms with Crippen molar-refractivity contribution in [2.24, 2.45) is 0 Å². The number of benzene rings is 1. The highest BCUT2D eigenvalue weighted by atomic mass is 32.2. The Morgan fingerprint density at radius 1 is 1.17 bits per heavy atom. The molecule has 1 saturated heterocycles. The highest BCUT2D eigenvalue weighted by Gasteiger charge is 2.14. The van der Waals surface area contributed by atoms with Crippen LogP contribution in [-0.4, -0.2) is 51.7 Å². The molecule has 1 amide bonds. The van der Waals surface area contributed by atoms with Gasteiger partial charge in [0.05, 0.1) is 17.5 Å². The molecule has 0 bridgehead atoms. The Labute approximate surface area is 138 Å². The van der Waals surface area contributed by atoms with E-state index in [1.54, 1.807) is 24.3 Å². The average molecular weight is 339 g/mol. The lowest BCUT2D eigenvalue weighted by molar-refractivity contribution is 0.0952. The second-order valence-corrected chi connectivity index (χ2v) is 7.68. The van der Waals surface area contributed by atoms with Crippen LogP contribution in [0.15, 0.2) is 24.3 Å². The zero-order chi connectivity index (χ0) is 16.7. The number of anilines is 1. The Kier molecular flexibility index (Phi) is 6.41. The van der Waals surface area contributed by atoms with Crippen LogP contribution >= 0.6 is 0 Å². The van der Waals surface area contributed by atoms with E-state index in [1.165, 1.54) is 19.3 Å². The quantitative estimate of drug-likeness (QED) is 0.741. The largest absolute Gasteiger partial charge is 0.352 e. The van der Waals surface area contributed by atoms with Crippen LogP contribution in [-0.2, 0) is 10.0 Å².